The molecule has 3 aromatic rings. The molecule has 7 heteroatoms. The number of carbonyl (C=O) groups is 2. The summed E-state index contributed by atoms with van der Waals surface area (Å²) in [5, 5.41) is 2.91. The zero-order valence-electron chi connectivity index (χ0n) is 20.8. The van der Waals surface area contributed by atoms with Crippen LogP contribution < -0.4 is 10.1 Å². The van der Waals surface area contributed by atoms with Crippen LogP contribution in [0.5, 0.6) is 5.75 Å². The van der Waals surface area contributed by atoms with E-state index < -0.39 is 0 Å². The lowest BCUT2D eigenvalue weighted by Gasteiger charge is -2.28. The normalized spacial score (nSPS) is 10.7. The fourth-order valence-corrected chi connectivity index (χ4v) is 3.72. The van der Waals surface area contributed by atoms with Crippen molar-refractivity contribution in [3.8, 4) is 5.75 Å². The molecule has 3 amide bonds. The van der Waals surface area contributed by atoms with Gasteiger partial charge in [0.1, 0.15) is 18.1 Å². The molecule has 0 radical (unpaired) electrons. The molecule has 0 bridgehead atoms. The van der Waals surface area contributed by atoms with Crippen LogP contribution in [-0.4, -0.2) is 48.0 Å². The highest BCUT2D eigenvalue weighted by molar-refractivity contribution is 5.92. The van der Waals surface area contributed by atoms with E-state index in [2.05, 4.69) is 5.32 Å². The predicted molar refractivity (Wildman–Crippen MR) is 137 cm³/mol. The molecule has 1 aromatic heterocycles. The Morgan fingerprint density at radius 2 is 1.71 bits per heavy atom. The number of ether oxygens (including phenoxy) is 1. The highest BCUT2D eigenvalue weighted by Crippen LogP contribution is 2.17. The second-order valence-corrected chi connectivity index (χ2v) is 8.79. The van der Waals surface area contributed by atoms with Gasteiger partial charge in [-0.3, -0.25) is 4.79 Å². The van der Waals surface area contributed by atoms with E-state index in [4.69, 9.17) is 9.15 Å². The van der Waals surface area contributed by atoms with E-state index >= 15 is 0 Å². The number of furan rings is 1. The number of hydrogen-bond acceptors (Lipinski definition) is 4. The summed E-state index contributed by atoms with van der Waals surface area (Å²) < 4.78 is 11.0. The Morgan fingerprint density at radius 1 is 0.971 bits per heavy atom. The van der Waals surface area contributed by atoms with E-state index in [-0.39, 0.29) is 24.4 Å². The van der Waals surface area contributed by atoms with E-state index in [0.717, 1.165) is 17.7 Å². The third kappa shape index (κ3) is 8.52. The summed E-state index contributed by atoms with van der Waals surface area (Å²) in [5.41, 5.74) is 1.80. The lowest BCUT2D eigenvalue weighted by molar-refractivity contribution is -0.132. The maximum Gasteiger partial charge on any atom is 0.322 e. The molecule has 7 nitrogen and oxygen atoms in total. The molecule has 1 N–H and O–H groups in total. The van der Waals surface area contributed by atoms with Crippen LogP contribution in [0.1, 0.15) is 32.1 Å². The van der Waals surface area contributed by atoms with Gasteiger partial charge in [0, 0.05) is 18.8 Å². The summed E-state index contributed by atoms with van der Waals surface area (Å²) in [7, 11) is 0. The Hall–Kier alpha value is -3.74. The topological polar surface area (TPSA) is 75.0 Å². The third-order valence-electron chi connectivity index (χ3n) is 5.41. The summed E-state index contributed by atoms with van der Waals surface area (Å²) in [5.74, 6) is 1.53. The van der Waals surface area contributed by atoms with E-state index in [1.165, 1.54) is 0 Å². The molecule has 0 saturated carbocycles. The standard InChI is InChI=1S/C28H35N3O4/c1-4-34-25-14-12-24(13-15-25)29-28(33)31(19-22(2)3)21-27(32)30(20-26-11-8-18-35-26)17-16-23-9-6-5-7-10-23/h5-15,18,22H,4,16-17,19-21H2,1-3H3,(H,29,33). The Bertz CT molecular complexity index is 1030. The molecule has 0 unspecified atom stereocenters. The van der Waals surface area contributed by atoms with Crippen LogP contribution in [0.2, 0.25) is 0 Å². The van der Waals surface area contributed by atoms with Gasteiger partial charge in [-0.25, -0.2) is 4.79 Å². The molecule has 0 atom stereocenters. The molecule has 0 fully saturated rings. The first-order valence-electron chi connectivity index (χ1n) is 12.1. The number of nitrogens with zero attached hydrogens (tertiary/aromatic N) is 2. The number of amides is 3. The van der Waals surface area contributed by atoms with E-state index in [1.54, 1.807) is 28.2 Å². The zero-order valence-corrected chi connectivity index (χ0v) is 20.8. The van der Waals surface area contributed by atoms with Gasteiger partial charge in [-0.2, -0.15) is 0 Å². The number of benzene rings is 2. The zero-order chi connectivity index (χ0) is 25.0. The molecule has 0 aliphatic rings. The molecule has 35 heavy (non-hydrogen) atoms. The van der Waals surface area contributed by atoms with Crippen LogP contribution in [0.15, 0.2) is 77.4 Å². The van der Waals surface area contributed by atoms with Crippen molar-refractivity contribution in [3.63, 3.8) is 0 Å². The van der Waals surface area contributed by atoms with Crippen molar-refractivity contribution in [1.82, 2.24) is 9.80 Å². The van der Waals surface area contributed by atoms with Gasteiger partial charge < -0.3 is 24.3 Å². The summed E-state index contributed by atoms with van der Waals surface area (Å²) >= 11 is 0. The van der Waals surface area contributed by atoms with Crippen LogP contribution in [0.3, 0.4) is 0 Å². The number of hydrogen-bond donors (Lipinski definition) is 1. The summed E-state index contributed by atoms with van der Waals surface area (Å²) in [6.45, 7) is 7.88. The van der Waals surface area contributed by atoms with E-state index in [0.29, 0.717) is 37.7 Å². The van der Waals surface area contributed by atoms with Gasteiger partial charge in [-0.15, -0.1) is 0 Å². The van der Waals surface area contributed by atoms with Gasteiger partial charge in [-0.05, 0) is 61.2 Å². The Kier molecular flexibility index (Phi) is 9.78. The second kappa shape index (κ2) is 13.2. The van der Waals surface area contributed by atoms with Crippen molar-refractivity contribution in [3.05, 3.63) is 84.3 Å². The lowest BCUT2D eigenvalue weighted by atomic mass is 10.1. The average Bonchev–Trinajstić information content (AvgIpc) is 3.36. The lowest BCUT2D eigenvalue weighted by Crippen LogP contribution is -2.46. The molecule has 0 spiro atoms. The smallest absolute Gasteiger partial charge is 0.322 e. The van der Waals surface area contributed by atoms with Gasteiger partial charge in [-0.1, -0.05) is 44.2 Å². The highest BCUT2D eigenvalue weighted by Gasteiger charge is 2.23. The predicted octanol–water partition coefficient (Wildman–Crippen LogP) is 5.44. The first-order chi connectivity index (χ1) is 16.9. The molecule has 2 aromatic carbocycles. The fourth-order valence-electron chi connectivity index (χ4n) is 3.72. The minimum Gasteiger partial charge on any atom is -0.494 e. The molecule has 3 rings (SSSR count). The first-order valence-corrected chi connectivity index (χ1v) is 12.1. The van der Waals surface area contributed by atoms with Gasteiger partial charge in [0.15, 0.2) is 0 Å². The highest BCUT2D eigenvalue weighted by atomic mass is 16.5. The first kappa shape index (κ1) is 25.9. The number of rotatable bonds is 12. The molecular formula is C28H35N3O4. The second-order valence-electron chi connectivity index (χ2n) is 8.79. The molecule has 1 heterocycles. The van der Waals surface area contributed by atoms with Gasteiger partial charge in [0.25, 0.3) is 0 Å². The number of anilines is 1. The molecule has 0 aliphatic carbocycles. The van der Waals surface area contributed by atoms with Gasteiger partial charge in [0.05, 0.1) is 19.4 Å². The quantitative estimate of drug-likeness (QED) is 0.377. The van der Waals surface area contributed by atoms with Crippen molar-refractivity contribution >= 4 is 17.6 Å². The van der Waals surface area contributed by atoms with Crippen LogP contribution >= 0.6 is 0 Å². The Morgan fingerprint density at radius 3 is 2.34 bits per heavy atom. The minimum absolute atomic E-state index is 0.0173. The maximum absolute atomic E-state index is 13.4. The third-order valence-corrected chi connectivity index (χ3v) is 5.41. The maximum atomic E-state index is 13.4. The van der Waals surface area contributed by atoms with E-state index in [9.17, 15) is 9.59 Å². The fraction of sp³-hybridized carbons (Fsp3) is 0.357. The van der Waals surface area contributed by atoms with Crippen molar-refractivity contribution in [2.24, 2.45) is 5.92 Å². The monoisotopic (exact) mass is 477 g/mol. The SMILES string of the molecule is CCOc1ccc(NC(=O)N(CC(=O)N(CCc2ccccc2)Cc2ccco2)CC(C)C)cc1. The summed E-state index contributed by atoms with van der Waals surface area (Å²) in [4.78, 5) is 29.8. The van der Waals surface area contributed by atoms with Crippen LogP contribution in [0.4, 0.5) is 10.5 Å². The molecule has 0 saturated heterocycles. The largest absolute Gasteiger partial charge is 0.494 e. The van der Waals surface area contributed by atoms with Crippen LogP contribution in [-0.2, 0) is 17.8 Å². The average molecular weight is 478 g/mol. The Labute approximate surface area is 207 Å². The van der Waals surface area contributed by atoms with Crippen LogP contribution in [0.25, 0.3) is 0 Å². The van der Waals surface area contributed by atoms with Gasteiger partial charge >= 0.3 is 6.03 Å². The number of nitrogens with one attached hydrogen (secondary N) is 1. The molecular weight excluding hydrogens is 442 g/mol. The van der Waals surface area contributed by atoms with Gasteiger partial charge in [0.2, 0.25) is 5.91 Å². The van der Waals surface area contributed by atoms with Crippen LogP contribution in [0, 0.1) is 5.92 Å². The summed E-state index contributed by atoms with van der Waals surface area (Å²) in [6.07, 6.45) is 2.32. The van der Waals surface area contributed by atoms with Crippen molar-refractivity contribution in [2.75, 3.05) is 31.6 Å². The number of carbonyl (C=O) groups excluding carboxylic acids is 2. The molecule has 0 aliphatic heterocycles. The van der Waals surface area contributed by atoms with Crippen molar-refractivity contribution in [2.45, 2.75) is 33.7 Å². The minimum atomic E-state index is -0.308. The van der Waals surface area contributed by atoms with Crippen molar-refractivity contribution in [1.29, 1.82) is 0 Å². The number of urea groups is 1. The van der Waals surface area contributed by atoms with Crippen molar-refractivity contribution < 1.29 is 18.7 Å². The van der Waals surface area contributed by atoms with E-state index in [1.807, 2.05) is 75.4 Å². The Balaban J connectivity index is 1.68. The summed E-state index contributed by atoms with van der Waals surface area (Å²) in [6, 6.07) is 20.6. The molecule has 186 valence electrons.